The van der Waals surface area contributed by atoms with Crippen molar-refractivity contribution < 1.29 is 14.3 Å². The lowest BCUT2D eigenvalue weighted by Crippen LogP contribution is -2.51. The largest absolute Gasteiger partial charge is 0.394 e. The minimum atomic E-state index is -0.645. The number of nitrogens with one attached hydrogen (secondary N) is 1. The molecule has 0 aromatic heterocycles. The molecule has 0 saturated carbocycles. The van der Waals surface area contributed by atoms with Gasteiger partial charge in [-0.3, -0.25) is 0 Å². The molecule has 0 spiro atoms. The van der Waals surface area contributed by atoms with Crippen LogP contribution in [0, 0.1) is 11.7 Å². The Labute approximate surface area is 122 Å². The van der Waals surface area contributed by atoms with Crippen molar-refractivity contribution >= 4 is 23.3 Å². The number of nitrogens with zero attached hydrogens (tertiary/aromatic N) is 1. The van der Waals surface area contributed by atoms with Gasteiger partial charge in [-0.15, -0.1) is 0 Å². The molecule has 0 bridgehead atoms. The molecule has 2 N–H and O–H groups in total. The number of carbonyl (C=O) groups excluding carboxylic acids is 1. The van der Waals surface area contributed by atoms with Crippen LogP contribution < -0.4 is 5.32 Å². The molecule has 0 radical (unpaired) electrons. The second-order valence-corrected chi connectivity index (χ2v) is 5.50. The van der Waals surface area contributed by atoms with Crippen LogP contribution in [-0.2, 0) is 0 Å². The maximum Gasteiger partial charge on any atom is 0.322 e. The van der Waals surface area contributed by atoms with Gasteiger partial charge in [0, 0.05) is 6.54 Å². The molecule has 1 heterocycles. The van der Waals surface area contributed by atoms with E-state index in [2.05, 4.69) is 5.32 Å². The van der Waals surface area contributed by atoms with E-state index in [1.807, 2.05) is 6.92 Å². The van der Waals surface area contributed by atoms with Gasteiger partial charge < -0.3 is 15.3 Å². The van der Waals surface area contributed by atoms with Crippen molar-refractivity contribution in [1.82, 2.24) is 4.90 Å². The first-order chi connectivity index (χ1) is 9.54. The summed E-state index contributed by atoms with van der Waals surface area (Å²) in [4.78, 5) is 13.8. The standard InChI is InChI=1S/C14H18ClFN2O2/c1-9-4-3-7-18(12(9)8-19)14(20)17-11-6-2-5-10(15)13(11)16/h2,5-6,9,12,19H,3-4,7-8H2,1H3,(H,17,20). The van der Waals surface area contributed by atoms with Crippen LogP contribution in [0.1, 0.15) is 19.8 Å². The number of hydrogen-bond donors (Lipinski definition) is 2. The molecule has 20 heavy (non-hydrogen) atoms. The Kier molecular flexibility index (Phi) is 4.83. The lowest BCUT2D eigenvalue weighted by atomic mass is 9.91. The third-order valence-electron chi connectivity index (χ3n) is 3.76. The molecule has 2 amide bonds. The Morgan fingerprint density at radius 3 is 3.05 bits per heavy atom. The minimum Gasteiger partial charge on any atom is -0.394 e. The summed E-state index contributed by atoms with van der Waals surface area (Å²) in [5.41, 5.74) is 0.0532. The van der Waals surface area contributed by atoms with Crippen molar-refractivity contribution in [3.8, 4) is 0 Å². The van der Waals surface area contributed by atoms with Crippen LogP contribution in [0.25, 0.3) is 0 Å². The number of carbonyl (C=O) groups is 1. The minimum absolute atomic E-state index is 0.0338. The summed E-state index contributed by atoms with van der Waals surface area (Å²) in [7, 11) is 0. The molecule has 1 aromatic rings. The first-order valence-electron chi connectivity index (χ1n) is 6.67. The molecule has 1 saturated heterocycles. The van der Waals surface area contributed by atoms with Gasteiger partial charge in [-0.25, -0.2) is 9.18 Å². The number of aliphatic hydroxyl groups is 1. The van der Waals surface area contributed by atoms with E-state index in [9.17, 15) is 14.3 Å². The van der Waals surface area contributed by atoms with Gasteiger partial charge in [0.25, 0.3) is 0 Å². The molecular formula is C14H18ClFN2O2. The van der Waals surface area contributed by atoms with Gasteiger partial charge in [0.05, 0.1) is 23.4 Å². The van der Waals surface area contributed by atoms with E-state index in [0.717, 1.165) is 12.8 Å². The molecular weight excluding hydrogens is 283 g/mol. The van der Waals surface area contributed by atoms with Gasteiger partial charge in [-0.05, 0) is 30.9 Å². The number of rotatable bonds is 2. The zero-order valence-electron chi connectivity index (χ0n) is 11.3. The summed E-state index contributed by atoms with van der Waals surface area (Å²) >= 11 is 5.68. The van der Waals surface area contributed by atoms with Gasteiger partial charge >= 0.3 is 6.03 Å². The number of likely N-dealkylation sites (tertiary alicyclic amines) is 1. The molecule has 2 unspecified atom stereocenters. The van der Waals surface area contributed by atoms with Gasteiger partial charge in [0.2, 0.25) is 0 Å². The Bertz CT molecular complexity index is 498. The van der Waals surface area contributed by atoms with Crippen LogP contribution in [-0.4, -0.2) is 35.2 Å². The first kappa shape index (κ1) is 15.1. The lowest BCUT2D eigenvalue weighted by Gasteiger charge is -2.38. The molecule has 1 fully saturated rings. The summed E-state index contributed by atoms with van der Waals surface area (Å²) < 4.78 is 13.8. The third kappa shape index (κ3) is 3.04. The molecule has 4 nitrogen and oxygen atoms in total. The second kappa shape index (κ2) is 6.41. The highest BCUT2D eigenvalue weighted by molar-refractivity contribution is 6.31. The van der Waals surface area contributed by atoms with Crippen molar-refractivity contribution in [2.45, 2.75) is 25.8 Å². The van der Waals surface area contributed by atoms with E-state index in [0.29, 0.717) is 6.54 Å². The van der Waals surface area contributed by atoms with E-state index >= 15 is 0 Å². The molecule has 0 aliphatic carbocycles. The number of urea groups is 1. The van der Waals surface area contributed by atoms with E-state index in [1.54, 1.807) is 11.0 Å². The van der Waals surface area contributed by atoms with E-state index < -0.39 is 11.8 Å². The smallest absolute Gasteiger partial charge is 0.322 e. The van der Waals surface area contributed by atoms with Crippen molar-refractivity contribution in [2.75, 3.05) is 18.5 Å². The highest BCUT2D eigenvalue weighted by atomic mass is 35.5. The molecule has 2 rings (SSSR count). The van der Waals surface area contributed by atoms with Crippen LogP contribution in [0.2, 0.25) is 5.02 Å². The number of halogens is 2. The van der Waals surface area contributed by atoms with Crippen LogP contribution in [0.4, 0.5) is 14.9 Å². The van der Waals surface area contributed by atoms with Gasteiger partial charge in [0.1, 0.15) is 0 Å². The molecule has 6 heteroatoms. The Hall–Kier alpha value is -1.33. The average molecular weight is 301 g/mol. The number of benzene rings is 1. The predicted molar refractivity (Wildman–Crippen MR) is 76.4 cm³/mol. The second-order valence-electron chi connectivity index (χ2n) is 5.09. The number of hydrogen-bond acceptors (Lipinski definition) is 2. The molecule has 110 valence electrons. The normalized spacial score (nSPS) is 22.7. The number of anilines is 1. The van der Waals surface area contributed by atoms with Crippen LogP contribution in [0.3, 0.4) is 0 Å². The summed E-state index contributed by atoms with van der Waals surface area (Å²) in [6, 6.07) is 3.82. The van der Waals surface area contributed by atoms with Gasteiger partial charge in [0.15, 0.2) is 5.82 Å². The Morgan fingerprint density at radius 1 is 1.60 bits per heavy atom. The SMILES string of the molecule is CC1CCCN(C(=O)Nc2cccc(Cl)c2F)C1CO. The van der Waals surface area contributed by atoms with E-state index in [4.69, 9.17) is 11.6 Å². The number of amides is 2. The zero-order valence-corrected chi connectivity index (χ0v) is 12.0. The topological polar surface area (TPSA) is 52.6 Å². The maximum atomic E-state index is 13.8. The summed E-state index contributed by atoms with van der Waals surface area (Å²) in [6.07, 6.45) is 1.85. The van der Waals surface area contributed by atoms with Gasteiger partial charge in [-0.1, -0.05) is 24.6 Å². The van der Waals surface area contributed by atoms with Crippen LogP contribution in [0.5, 0.6) is 0 Å². The fourth-order valence-corrected chi connectivity index (χ4v) is 2.74. The van der Waals surface area contributed by atoms with E-state index in [1.165, 1.54) is 12.1 Å². The lowest BCUT2D eigenvalue weighted by molar-refractivity contribution is 0.0811. The average Bonchev–Trinajstić information content (AvgIpc) is 2.43. The molecule has 1 aliphatic heterocycles. The Morgan fingerprint density at radius 2 is 2.35 bits per heavy atom. The van der Waals surface area contributed by atoms with E-state index in [-0.39, 0.29) is 29.3 Å². The van der Waals surface area contributed by atoms with Crippen LogP contribution >= 0.6 is 11.6 Å². The van der Waals surface area contributed by atoms with Crippen LogP contribution in [0.15, 0.2) is 18.2 Å². The maximum absolute atomic E-state index is 13.8. The fourth-order valence-electron chi connectivity index (χ4n) is 2.57. The highest BCUT2D eigenvalue weighted by Gasteiger charge is 2.31. The predicted octanol–water partition coefficient (Wildman–Crippen LogP) is 3.10. The summed E-state index contributed by atoms with van der Waals surface area (Å²) in [5.74, 6) is -0.420. The third-order valence-corrected chi connectivity index (χ3v) is 4.05. The summed E-state index contributed by atoms with van der Waals surface area (Å²) in [6.45, 7) is 2.47. The monoisotopic (exact) mass is 300 g/mol. The zero-order chi connectivity index (χ0) is 14.7. The van der Waals surface area contributed by atoms with Crippen molar-refractivity contribution in [3.05, 3.63) is 29.0 Å². The fraction of sp³-hybridized carbons (Fsp3) is 0.500. The molecule has 1 aliphatic rings. The van der Waals surface area contributed by atoms with Crippen molar-refractivity contribution in [2.24, 2.45) is 5.92 Å². The number of aliphatic hydroxyl groups excluding tert-OH is 1. The summed E-state index contributed by atoms with van der Waals surface area (Å²) in [5, 5.41) is 11.9. The molecule has 2 atom stereocenters. The highest BCUT2D eigenvalue weighted by Crippen LogP contribution is 2.26. The van der Waals surface area contributed by atoms with Crippen molar-refractivity contribution in [1.29, 1.82) is 0 Å². The van der Waals surface area contributed by atoms with Crippen molar-refractivity contribution in [3.63, 3.8) is 0 Å². The number of piperidine rings is 1. The Balaban J connectivity index is 2.12. The first-order valence-corrected chi connectivity index (χ1v) is 7.05. The quantitative estimate of drug-likeness (QED) is 0.882. The molecule has 1 aromatic carbocycles. The van der Waals surface area contributed by atoms with Gasteiger partial charge in [-0.2, -0.15) is 0 Å².